The van der Waals surface area contributed by atoms with Crippen LogP contribution in [0.3, 0.4) is 0 Å². The first-order chi connectivity index (χ1) is 9.62. The third-order valence-corrected chi connectivity index (χ3v) is 4.98. The number of nitrogens with one attached hydrogen (secondary N) is 1. The molecule has 7 nitrogen and oxygen atoms in total. The fraction of sp³-hybridized carbons (Fsp3) is 0.300. The lowest BCUT2D eigenvalue weighted by molar-refractivity contribution is -0.385. The molecule has 20 heavy (non-hydrogen) atoms. The average Bonchev–Trinajstić information content (AvgIpc) is 2.86. The maximum Gasteiger partial charge on any atom is 0.275 e. The van der Waals surface area contributed by atoms with Gasteiger partial charge in [-0.1, -0.05) is 23.1 Å². The summed E-state index contributed by atoms with van der Waals surface area (Å²) in [5.41, 5.74) is 0.00746. The Balaban J connectivity index is 2.27. The molecule has 0 amide bonds. The summed E-state index contributed by atoms with van der Waals surface area (Å²) in [6.45, 7) is 2.55. The molecule has 0 radical (unpaired) electrons. The first kappa shape index (κ1) is 15.0. The highest BCUT2D eigenvalue weighted by atomic mass is 32.2. The summed E-state index contributed by atoms with van der Waals surface area (Å²) in [6.07, 6.45) is 1.92. The van der Waals surface area contributed by atoms with E-state index >= 15 is 0 Å². The van der Waals surface area contributed by atoms with E-state index < -0.39 is 4.92 Å². The van der Waals surface area contributed by atoms with E-state index in [0.29, 0.717) is 21.7 Å². The van der Waals surface area contributed by atoms with E-state index in [1.165, 1.54) is 47.0 Å². The lowest BCUT2D eigenvalue weighted by Gasteiger charge is -2.04. The molecule has 0 saturated heterocycles. The van der Waals surface area contributed by atoms with E-state index in [0.717, 1.165) is 4.34 Å². The van der Waals surface area contributed by atoms with E-state index in [2.05, 4.69) is 20.5 Å². The van der Waals surface area contributed by atoms with Crippen LogP contribution in [0.4, 0.5) is 11.5 Å². The van der Waals surface area contributed by atoms with Gasteiger partial charge in [-0.3, -0.25) is 10.1 Å². The second-order valence-corrected chi connectivity index (χ2v) is 6.77. The molecule has 2 aromatic rings. The molecule has 0 bridgehead atoms. The maximum atomic E-state index is 10.9. The first-order valence-electron chi connectivity index (χ1n) is 5.58. The summed E-state index contributed by atoms with van der Waals surface area (Å²) in [7, 11) is 0. The standard InChI is InChI=1S/C10H11N5O2S3/c1-3-11-7-4-6(15(16)17)5-8(12-7)19-10-14-13-9(18-2)20-10/h4-5H,3H2,1-2H3,(H,11,12). The van der Waals surface area contributed by atoms with Crippen LogP contribution >= 0.6 is 34.9 Å². The molecule has 2 heterocycles. The van der Waals surface area contributed by atoms with Gasteiger partial charge in [0.05, 0.1) is 11.0 Å². The van der Waals surface area contributed by atoms with Crippen molar-refractivity contribution in [1.82, 2.24) is 15.2 Å². The van der Waals surface area contributed by atoms with Crippen molar-refractivity contribution in [1.29, 1.82) is 0 Å². The lowest BCUT2D eigenvalue weighted by atomic mass is 10.4. The van der Waals surface area contributed by atoms with E-state index in [-0.39, 0.29) is 5.69 Å². The topological polar surface area (TPSA) is 93.8 Å². The second-order valence-electron chi connectivity index (χ2n) is 3.48. The maximum absolute atomic E-state index is 10.9. The third-order valence-electron chi connectivity index (χ3n) is 2.11. The predicted molar refractivity (Wildman–Crippen MR) is 80.9 cm³/mol. The zero-order valence-electron chi connectivity index (χ0n) is 10.7. The fourth-order valence-corrected chi connectivity index (χ4v) is 3.74. The van der Waals surface area contributed by atoms with Gasteiger partial charge in [0.2, 0.25) is 0 Å². The highest BCUT2D eigenvalue weighted by molar-refractivity contribution is 8.02. The second kappa shape index (κ2) is 6.86. The summed E-state index contributed by atoms with van der Waals surface area (Å²) in [6, 6.07) is 2.85. The summed E-state index contributed by atoms with van der Waals surface area (Å²) < 4.78 is 1.56. The van der Waals surface area contributed by atoms with Gasteiger partial charge in [0.15, 0.2) is 8.68 Å². The van der Waals surface area contributed by atoms with Gasteiger partial charge in [-0.15, -0.1) is 10.2 Å². The molecule has 2 aromatic heterocycles. The Morgan fingerprint density at radius 3 is 2.75 bits per heavy atom. The number of aromatic nitrogens is 3. The van der Waals surface area contributed by atoms with E-state index in [1.807, 2.05) is 13.2 Å². The van der Waals surface area contributed by atoms with Crippen LogP contribution < -0.4 is 5.32 Å². The lowest BCUT2D eigenvalue weighted by Crippen LogP contribution is -2.01. The smallest absolute Gasteiger partial charge is 0.275 e. The number of hydrogen-bond acceptors (Lipinski definition) is 9. The highest BCUT2D eigenvalue weighted by Gasteiger charge is 2.14. The zero-order chi connectivity index (χ0) is 14.5. The van der Waals surface area contributed by atoms with Crippen molar-refractivity contribution in [2.45, 2.75) is 20.6 Å². The SMILES string of the molecule is CCNc1cc([N+](=O)[O-])cc(Sc2nnc(SC)s2)n1. The number of anilines is 1. The van der Waals surface area contributed by atoms with Crippen LogP contribution in [-0.2, 0) is 0 Å². The van der Waals surface area contributed by atoms with Crippen LogP contribution in [0.25, 0.3) is 0 Å². The van der Waals surface area contributed by atoms with Crippen molar-refractivity contribution in [3.8, 4) is 0 Å². The molecule has 1 N–H and O–H groups in total. The Morgan fingerprint density at radius 1 is 1.40 bits per heavy atom. The molecule has 0 saturated carbocycles. The summed E-state index contributed by atoms with van der Waals surface area (Å²) >= 11 is 4.22. The number of pyridine rings is 1. The molecule has 0 aliphatic heterocycles. The van der Waals surface area contributed by atoms with Gasteiger partial charge in [0, 0.05) is 12.6 Å². The normalized spacial score (nSPS) is 10.5. The van der Waals surface area contributed by atoms with Gasteiger partial charge in [-0.2, -0.15) is 0 Å². The van der Waals surface area contributed by atoms with Gasteiger partial charge < -0.3 is 5.32 Å². The van der Waals surface area contributed by atoms with Gasteiger partial charge in [0.1, 0.15) is 10.8 Å². The van der Waals surface area contributed by atoms with E-state index in [9.17, 15) is 10.1 Å². The Morgan fingerprint density at radius 2 is 2.15 bits per heavy atom. The van der Waals surface area contributed by atoms with E-state index in [1.54, 1.807) is 0 Å². The number of nitro groups is 1. The van der Waals surface area contributed by atoms with Crippen LogP contribution in [0.5, 0.6) is 0 Å². The molecule has 0 aliphatic rings. The number of nitrogens with zero attached hydrogens (tertiary/aromatic N) is 4. The molecule has 10 heteroatoms. The first-order valence-corrected chi connectivity index (χ1v) is 8.44. The van der Waals surface area contributed by atoms with Crippen molar-refractivity contribution in [3.63, 3.8) is 0 Å². The van der Waals surface area contributed by atoms with Crippen LogP contribution in [-0.4, -0.2) is 32.9 Å². The summed E-state index contributed by atoms with van der Waals surface area (Å²) in [4.78, 5) is 14.8. The zero-order valence-corrected chi connectivity index (χ0v) is 13.1. The molecule has 0 aromatic carbocycles. The highest BCUT2D eigenvalue weighted by Crippen LogP contribution is 2.34. The minimum Gasteiger partial charge on any atom is -0.370 e. The Labute approximate surface area is 127 Å². The third kappa shape index (κ3) is 3.81. The van der Waals surface area contributed by atoms with Gasteiger partial charge in [-0.25, -0.2) is 4.98 Å². The van der Waals surface area contributed by atoms with Gasteiger partial charge >= 0.3 is 0 Å². The van der Waals surface area contributed by atoms with Gasteiger partial charge in [0.25, 0.3) is 5.69 Å². The molecule has 0 unspecified atom stereocenters. The molecular weight excluding hydrogens is 318 g/mol. The average molecular weight is 329 g/mol. The Bertz CT molecular complexity index is 619. The Kier molecular flexibility index (Phi) is 5.15. The molecule has 106 valence electrons. The van der Waals surface area contributed by atoms with Crippen molar-refractivity contribution in [2.75, 3.05) is 18.1 Å². The monoisotopic (exact) mass is 329 g/mol. The van der Waals surface area contributed by atoms with E-state index in [4.69, 9.17) is 0 Å². The van der Waals surface area contributed by atoms with Crippen LogP contribution in [0, 0.1) is 10.1 Å². The molecule has 2 rings (SSSR count). The van der Waals surface area contributed by atoms with Crippen LogP contribution in [0.2, 0.25) is 0 Å². The van der Waals surface area contributed by atoms with Crippen molar-refractivity contribution >= 4 is 46.4 Å². The number of rotatable bonds is 6. The van der Waals surface area contributed by atoms with Crippen molar-refractivity contribution in [2.24, 2.45) is 0 Å². The molecule has 0 aliphatic carbocycles. The molecule has 0 atom stereocenters. The van der Waals surface area contributed by atoms with Crippen LogP contribution in [0.15, 0.2) is 25.8 Å². The minimum absolute atomic E-state index is 0.00746. The van der Waals surface area contributed by atoms with Gasteiger partial charge in [-0.05, 0) is 24.9 Å². The van der Waals surface area contributed by atoms with Crippen molar-refractivity contribution < 1.29 is 4.92 Å². The predicted octanol–water partition coefficient (Wildman–Crippen LogP) is 3.15. The molecule has 0 spiro atoms. The van der Waals surface area contributed by atoms with Crippen LogP contribution in [0.1, 0.15) is 6.92 Å². The molecule has 0 fully saturated rings. The largest absolute Gasteiger partial charge is 0.370 e. The molecular formula is C10H11N5O2S3. The Hall–Kier alpha value is -1.39. The van der Waals surface area contributed by atoms with Crippen molar-refractivity contribution in [3.05, 3.63) is 22.2 Å². The quantitative estimate of drug-likeness (QED) is 0.491. The number of hydrogen-bond donors (Lipinski definition) is 1. The fourth-order valence-electron chi connectivity index (χ4n) is 1.33. The number of thioether (sulfide) groups is 1. The summed E-state index contributed by atoms with van der Waals surface area (Å²) in [5, 5.41) is 22.4. The minimum atomic E-state index is -0.431. The summed E-state index contributed by atoms with van der Waals surface area (Å²) in [5.74, 6) is 0.485.